The average Bonchev–Trinajstić information content (AvgIpc) is 3.11. The van der Waals surface area contributed by atoms with E-state index in [2.05, 4.69) is 18.5 Å². The normalized spacial score (nSPS) is 16.2. The van der Waals surface area contributed by atoms with Gasteiger partial charge in [-0.25, -0.2) is 4.21 Å². The highest BCUT2D eigenvalue weighted by Gasteiger charge is 2.19. The van der Waals surface area contributed by atoms with Gasteiger partial charge in [0.25, 0.3) is 11.1 Å². The van der Waals surface area contributed by atoms with Crippen molar-refractivity contribution in [3.05, 3.63) is 65.6 Å². The van der Waals surface area contributed by atoms with Gasteiger partial charge in [0.2, 0.25) is 5.91 Å². The van der Waals surface area contributed by atoms with Crippen LogP contribution in [0.15, 0.2) is 65.6 Å². The van der Waals surface area contributed by atoms with Gasteiger partial charge in [0, 0.05) is 19.3 Å². The highest BCUT2D eigenvalue weighted by atomic mass is 32.2. The van der Waals surface area contributed by atoms with E-state index in [-0.39, 0.29) is 17.4 Å². The lowest BCUT2D eigenvalue weighted by Gasteiger charge is -2.17. The molecule has 0 spiro atoms. The standard InChI is InChI=1S/C16H17N3O3S2.C2H4/c1-18-15(20)12-19-9-10-23-16(19)8-7-14(11-17)24(21)22-13-5-3-2-4-6-13;1-2/h2-8H,9-10,12H2,1H3,(H,18,20);1-2H2/b14-7+,16-8-;. The van der Waals surface area contributed by atoms with Crippen LogP contribution >= 0.6 is 11.8 Å². The Hall–Kier alpha value is -2.50. The third-order valence-electron chi connectivity index (χ3n) is 3.12. The molecule has 0 bridgehead atoms. The van der Waals surface area contributed by atoms with Crippen molar-refractivity contribution in [2.24, 2.45) is 0 Å². The molecular formula is C18H21N3O3S2. The molecule has 1 amide bonds. The molecule has 1 aromatic carbocycles. The zero-order valence-corrected chi connectivity index (χ0v) is 16.1. The first-order valence-corrected chi connectivity index (χ1v) is 9.75. The summed E-state index contributed by atoms with van der Waals surface area (Å²) in [6.07, 6.45) is 3.18. The summed E-state index contributed by atoms with van der Waals surface area (Å²) in [4.78, 5) is 13.4. The van der Waals surface area contributed by atoms with Gasteiger partial charge in [-0.3, -0.25) is 4.79 Å². The number of hydrogen-bond donors (Lipinski definition) is 1. The lowest BCUT2D eigenvalue weighted by Crippen LogP contribution is -2.32. The van der Waals surface area contributed by atoms with Crippen LogP contribution in [0.2, 0.25) is 0 Å². The molecule has 1 aromatic rings. The molecule has 0 aromatic heterocycles. The van der Waals surface area contributed by atoms with Crippen molar-refractivity contribution >= 4 is 28.7 Å². The topological polar surface area (TPSA) is 82.4 Å². The predicted molar refractivity (Wildman–Crippen MR) is 106 cm³/mol. The number of para-hydroxylation sites is 1. The van der Waals surface area contributed by atoms with Gasteiger partial charge in [-0.2, -0.15) is 5.26 Å². The average molecular weight is 392 g/mol. The van der Waals surface area contributed by atoms with Crippen molar-refractivity contribution in [2.75, 3.05) is 25.9 Å². The van der Waals surface area contributed by atoms with Crippen molar-refractivity contribution < 1.29 is 13.2 Å². The molecule has 26 heavy (non-hydrogen) atoms. The molecule has 1 atom stereocenters. The van der Waals surface area contributed by atoms with Crippen LogP contribution in [0, 0.1) is 11.3 Å². The van der Waals surface area contributed by atoms with Crippen LogP contribution in [0.4, 0.5) is 0 Å². The van der Waals surface area contributed by atoms with Gasteiger partial charge in [-0.15, -0.1) is 24.9 Å². The number of carbonyl (C=O) groups is 1. The van der Waals surface area contributed by atoms with Crippen LogP contribution in [-0.2, 0) is 15.9 Å². The number of thioether (sulfide) groups is 1. The van der Waals surface area contributed by atoms with Crippen molar-refractivity contribution in [1.82, 2.24) is 10.2 Å². The van der Waals surface area contributed by atoms with Crippen LogP contribution in [0.5, 0.6) is 5.75 Å². The van der Waals surface area contributed by atoms with E-state index in [4.69, 9.17) is 4.18 Å². The molecule has 138 valence electrons. The van der Waals surface area contributed by atoms with Crippen LogP contribution in [0.25, 0.3) is 0 Å². The quantitative estimate of drug-likeness (QED) is 0.593. The molecule has 1 saturated heterocycles. The molecule has 0 saturated carbocycles. The van der Waals surface area contributed by atoms with E-state index in [9.17, 15) is 14.3 Å². The number of rotatable bonds is 6. The Kier molecular flexibility index (Phi) is 9.90. The second kappa shape index (κ2) is 12.0. The highest BCUT2D eigenvalue weighted by molar-refractivity contribution is 8.03. The molecule has 1 heterocycles. The molecule has 1 aliphatic heterocycles. The summed E-state index contributed by atoms with van der Waals surface area (Å²) in [6, 6.07) is 10.6. The largest absolute Gasteiger partial charge is 0.396 e. The number of allylic oxidation sites excluding steroid dienone is 3. The van der Waals surface area contributed by atoms with Gasteiger partial charge in [-0.1, -0.05) is 18.2 Å². The molecule has 0 radical (unpaired) electrons. The van der Waals surface area contributed by atoms with E-state index < -0.39 is 11.1 Å². The van der Waals surface area contributed by atoms with E-state index in [1.807, 2.05) is 17.0 Å². The second-order valence-electron chi connectivity index (χ2n) is 4.72. The van der Waals surface area contributed by atoms with Crippen LogP contribution in [0.3, 0.4) is 0 Å². The molecule has 1 aliphatic rings. The lowest BCUT2D eigenvalue weighted by atomic mass is 10.3. The van der Waals surface area contributed by atoms with Gasteiger partial charge in [0.15, 0.2) is 4.91 Å². The Morgan fingerprint density at radius 1 is 1.46 bits per heavy atom. The second-order valence-corrected chi connectivity index (χ2v) is 6.91. The molecule has 2 rings (SSSR count). The Morgan fingerprint density at radius 2 is 2.15 bits per heavy atom. The monoisotopic (exact) mass is 391 g/mol. The SMILES string of the molecule is C=C.CNC(=O)CN1CCS/C1=C\C=C(/C#N)S(=O)Oc1ccccc1. The number of amides is 1. The predicted octanol–water partition coefficient (Wildman–Crippen LogP) is 2.57. The van der Waals surface area contributed by atoms with Crippen molar-refractivity contribution in [3.63, 3.8) is 0 Å². The van der Waals surface area contributed by atoms with Gasteiger partial charge >= 0.3 is 0 Å². The molecule has 1 unspecified atom stereocenters. The summed E-state index contributed by atoms with van der Waals surface area (Å²) in [5.41, 5.74) is 0. The lowest BCUT2D eigenvalue weighted by molar-refractivity contribution is -0.121. The number of carbonyl (C=O) groups excluding carboxylic acids is 1. The van der Waals surface area contributed by atoms with Crippen molar-refractivity contribution in [2.45, 2.75) is 0 Å². The summed E-state index contributed by atoms with van der Waals surface area (Å²) in [6.45, 7) is 7.01. The smallest absolute Gasteiger partial charge is 0.251 e. The molecule has 1 fully saturated rings. The Balaban J connectivity index is 0.00000163. The van der Waals surface area contributed by atoms with E-state index in [1.54, 1.807) is 49.2 Å². The van der Waals surface area contributed by atoms with E-state index in [0.29, 0.717) is 5.75 Å². The van der Waals surface area contributed by atoms with E-state index >= 15 is 0 Å². The maximum atomic E-state index is 12.1. The minimum Gasteiger partial charge on any atom is -0.396 e. The highest BCUT2D eigenvalue weighted by Crippen LogP contribution is 2.27. The molecule has 1 N–H and O–H groups in total. The first-order chi connectivity index (χ1) is 12.6. The molecule has 8 heteroatoms. The van der Waals surface area contributed by atoms with Gasteiger partial charge < -0.3 is 14.4 Å². The zero-order chi connectivity index (χ0) is 19.4. The Morgan fingerprint density at radius 3 is 2.77 bits per heavy atom. The maximum Gasteiger partial charge on any atom is 0.251 e. The number of nitrogens with one attached hydrogen (secondary N) is 1. The minimum atomic E-state index is -1.88. The summed E-state index contributed by atoms with van der Waals surface area (Å²) >= 11 is -0.300. The van der Waals surface area contributed by atoms with E-state index in [0.717, 1.165) is 17.3 Å². The fraction of sp³-hybridized carbons (Fsp3) is 0.222. The Labute approximate surface area is 160 Å². The zero-order valence-electron chi connectivity index (χ0n) is 14.5. The number of likely N-dealkylation sites (N-methyl/N-ethyl adjacent to an activating group) is 1. The van der Waals surface area contributed by atoms with Crippen molar-refractivity contribution in [3.8, 4) is 11.8 Å². The minimum absolute atomic E-state index is 0.0127. The number of benzene rings is 1. The van der Waals surface area contributed by atoms with E-state index in [1.165, 1.54) is 6.08 Å². The van der Waals surface area contributed by atoms with Gasteiger partial charge in [0.1, 0.15) is 11.8 Å². The van der Waals surface area contributed by atoms with Crippen molar-refractivity contribution in [1.29, 1.82) is 5.26 Å². The third kappa shape index (κ3) is 6.78. The van der Waals surface area contributed by atoms with Gasteiger partial charge in [0.05, 0.1) is 11.6 Å². The fourth-order valence-corrected chi connectivity index (χ4v) is 3.56. The number of nitrogens with zero attached hydrogens (tertiary/aromatic N) is 2. The van der Waals surface area contributed by atoms with Crippen LogP contribution in [-0.4, -0.2) is 40.9 Å². The third-order valence-corrected chi connectivity index (χ3v) is 5.13. The molecular weight excluding hydrogens is 370 g/mol. The molecule has 6 nitrogen and oxygen atoms in total. The summed E-state index contributed by atoms with van der Waals surface area (Å²) < 4.78 is 17.4. The summed E-state index contributed by atoms with van der Waals surface area (Å²) in [5.74, 6) is 1.22. The van der Waals surface area contributed by atoms with Crippen LogP contribution < -0.4 is 9.50 Å². The van der Waals surface area contributed by atoms with Crippen LogP contribution in [0.1, 0.15) is 0 Å². The molecule has 0 aliphatic carbocycles. The first kappa shape index (κ1) is 21.5. The maximum absolute atomic E-state index is 12.1. The number of nitriles is 1. The van der Waals surface area contributed by atoms with Gasteiger partial charge in [-0.05, 0) is 24.3 Å². The Bertz CT molecular complexity index is 727. The fourth-order valence-electron chi connectivity index (χ4n) is 1.91. The number of hydrogen-bond acceptors (Lipinski definition) is 6. The summed E-state index contributed by atoms with van der Waals surface area (Å²) in [5, 5.41) is 12.6. The first-order valence-electron chi connectivity index (χ1n) is 7.69. The summed E-state index contributed by atoms with van der Waals surface area (Å²) in [7, 11) is 1.59.